The molecular formula is C23H30N2O3. The molecule has 0 unspecified atom stereocenters. The van der Waals surface area contributed by atoms with E-state index in [9.17, 15) is 9.59 Å². The van der Waals surface area contributed by atoms with Crippen LogP contribution >= 0.6 is 0 Å². The molecule has 0 aliphatic rings. The third kappa shape index (κ3) is 5.84. The predicted molar refractivity (Wildman–Crippen MR) is 111 cm³/mol. The Balaban J connectivity index is 2.21. The van der Waals surface area contributed by atoms with E-state index < -0.39 is 6.04 Å². The molecule has 0 heterocycles. The number of likely N-dealkylation sites (N-methyl/N-ethyl adjacent to an activating group) is 1. The highest BCUT2D eigenvalue weighted by Gasteiger charge is 2.28. The second kappa shape index (κ2) is 10.5. The van der Waals surface area contributed by atoms with Crippen LogP contribution in [-0.2, 0) is 16.1 Å². The lowest BCUT2D eigenvalue weighted by Gasteiger charge is -2.31. The predicted octanol–water partition coefficient (Wildman–Crippen LogP) is 3.63. The van der Waals surface area contributed by atoms with E-state index in [2.05, 4.69) is 5.32 Å². The lowest BCUT2D eigenvalue weighted by molar-refractivity contribution is -0.142. The van der Waals surface area contributed by atoms with Crippen molar-refractivity contribution in [2.24, 2.45) is 0 Å². The summed E-state index contributed by atoms with van der Waals surface area (Å²) in [5, 5.41) is 2.84. The van der Waals surface area contributed by atoms with Crippen molar-refractivity contribution in [1.82, 2.24) is 10.2 Å². The number of carbonyl (C=O) groups excluding carboxylic acids is 2. The Morgan fingerprint density at radius 3 is 2.46 bits per heavy atom. The smallest absolute Gasteiger partial charge is 0.261 e. The van der Waals surface area contributed by atoms with Gasteiger partial charge in [-0.15, -0.1) is 0 Å². The number of hydrogen-bond acceptors (Lipinski definition) is 3. The first-order chi connectivity index (χ1) is 13.5. The zero-order valence-corrected chi connectivity index (χ0v) is 17.2. The van der Waals surface area contributed by atoms with Crippen molar-refractivity contribution in [3.63, 3.8) is 0 Å². The summed E-state index contributed by atoms with van der Waals surface area (Å²) in [4.78, 5) is 27.2. The van der Waals surface area contributed by atoms with Gasteiger partial charge in [-0.1, -0.05) is 43.3 Å². The van der Waals surface area contributed by atoms with E-state index in [4.69, 9.17) is 4.74 Å². The molecule has 0 saturated heterocycles. The van der Waals surface area contributed by atoms with Gasteiger partial charge in [-0.3, -0.25) is 9.59 Å². The van der Waals surface area contributed by atoms with Crippen LogP contribution in [-0.4, -0.2) is 35.9 Å². The van der Waals surface area contributed by atoms with Crippen LogP contribution < -0.4 is 10.1 Å². The summed E-state index contributed by atoms with van der Waals surface area (Å²) in [5.74, 6) is 0.306. The molecule has 1 N–H and O–H groups in total. The normalized spacial score (nSPS) is 11.6. The first-order valence-electron chi connectivity index (χ1n) is 9.77. The summed E-state index contributed by atoms with van der Waals surface area (Å²) < 4.78 is 5.71. The van der Waals surface area contributed by atoms with Gasteiger partial charge in [0.15, 0.2) is 6.61 Å². The third-order valence-electron chi connectivity index (χ3n) is 4.69. The van der Waals surface area contributed by atoms with Crippen LogP contribution in [0.5, 0.6) is 5.75 Å². The summed E-state index contributed by atoms with van der Waals surface area (Å²) in [7, 11) is 0. The van der Waals surface area contributed by atoms with Crippen LogP contribution in [0.3, 0.4) is 0 Å². The summed E-state index contributed by atoms with van der Waals surface area (Å²) in [6, 6.07) is 15.0. The molecule has 2 amide bonds. The van der Waals surface area contributed by atoms with Gasteiger partial charge < -0.3 is 15.0 Å². The molecule has 0 radical (unpaired) electrons. The number of nitrogens with one attached hydrogen (secondary N) is 1. The number of nitrogens with zero attached hydrogens (tertiary/aromatic N) is 1. The van der Waals surface area contributed by atoms with Crippen molar-refractivity contribution < 1.29 is 14.3 Å². The number of hydrogen-bond donors (Lipinski definition) is 1. The molecule has 5 nitrogen and oxygen atoms in total. The highest BCUT2D eigenvalue weighted by Crippen LogP contribution is 2.17. The van der Waals surface area contributed by atoms with E-state index in [0.717, 1.165) is 16.7 Å². The number of rotatable bonds is 9. The Morgan fingerprint density at radius 1 is 1.07 bits per heavy atom. The number of amides is 2. The van der Waals surface area contributed by atoms with Gasteiger partial charge >= 0.3 is 0 Å². The van der Waals surface area contributed by atoms with Crippen molar-refractivity contribution in [2.75, 3.05) is 13.2 Å². The minimum absolute atomic E-state index is 0.106. The van der Waals surface area contributed by atoms with Crippen LogP contribution in [0.1, 0.15) is 37.0 Å². The van der Waals surface area contributed by atoms with Crippen LogP contribution in [0.25, 0.3) is 0 Å². The standard InChI is InChI=1S/C23H30N2O3/c1-5-21(23(27)24-6-2)25(15-19-12-8-7-11-18(19)4)22(26)16-28-20-13-9-10-17(3)14-20/h7-14,21H,5-6,15-16H2,1-4H3,(H,24,27)/t21-/m1/s1. The molecule has 0 saturated carbocycles. The van der Waals surface area contributed by atoms with Gasteiger partial charge in [0.1, 0.15) is 11.8 Å². The molecule has 2 aromatic rings. The largest absolute Gasteiger partial charge is 0.484 e. The van der Waals surface area contributed by atoms with Gasteiger partial charge in [0, 0.05) is 13.1 Å². The summed E-state index contributed by atoms with van der Waals surface area (Å²) >= 11 is 0. The van der Waals surface area contributed by atoms with E-state index in [1.807, 2.05) is 76.2 Å². The monoisotopic (exact) mass is 382 g/mol. The van der Waals surface area contributed by atoms with Gasteiger partial charge in [-0.2, -0.15) is 0 Å². The number of ether oxygens (including phenoxy) is 1. The van der Waals surface area contributed by atoms with E-state index in [0.29, 0.717) is 25.3 Å². The summed E-state index contributed by atoms with van der Waals surface area (Å²) in [6.45, 7) is 8.57. The zero-order chi connectivity index (χ0) is 20.5. The maximum atomic E-state index is 13.0. The SMILES string of the molecule is CCNC(=O)[C@@H](CC)N(Cc1ccccc1C)C(=O)COc1cccc(C)c1. The Bertz CT molecular complexity index is 804. The van der Waals surface area contributed by atoms with Crippen molar-refractivity contribution in [2.45, 2.75) is 46.7 Å². The molecule has 150 valence electrons. The van der Waals surface area contributed by atoms with Gasteiger partial charge in [0.25, 0.3) is 5.91 Å². The fourth-order valence-electron chi connectivity index (χ4n) is 3.12. The summed E-state index contributed by atoms with van der Waals surface area (Å²) in [5.41, 5.74) is 3.18. The zero-order valence-electron chi connectivity index (χ0n) is 17.2. The molecule has 1 atom stereocenters. The molecule has 5 heteroatoms. The van der Waals surface area contributed by atoms with Crippen LogP contribution in [0.15, 0.2) is 48.5 Å². The first kappa shape index (κ1) is 21.5. The topological polar surface area (TPSA) is 58.6 Å². The molecular weight excluding hydrogens is 352 g/mol. The minimum atomic E-state index is -0.534. The fraction of sp³-hybridized carbons (Fsp3) is 0.391. The first-order valence-corrected chi connectivity index (χ1v) is 9.77. The second-order valence-electron chi connectivity index (χ2n) is 6.87. The molecule has 0 aliphatic carbocycles. The fourth-order valence-corrected chi connectivity index (χ4v) is 3.12. The highest BCUT2D eigenvalue weighted by molar-refractivity contribution is 5.88. The number of aryl methyl sites for hydroxylation is 2. The van der Waals surface area contributed by atoms with Crippen LogP contribution in [0, 0.1) is 13.8 Å². The van der Waals surface area contributed by atoms with Crippen molar-refractivity contribution in [3.05, 3.63) is 65.2 Å². The molecule has 2 aromatic carbocycles. The van der Waals surface area contributed by atoms with Crippen LogP contribution in [0.2, 0.25) is 0 Å². The van der Waals surface area contributed by atoms with E-state index in [1.54, 1.807) is 4.90 Å². The summed E-state index contributed by atoms with van der Waals surface area (Å²) in [6.07, 6.45) is 0.536. The minimum Gasteiger partial charge on any atom is -0.484 e. The van der Waals surface area contributed by atoms with Gasteiger partial charge in [0.05, 0.1) is 0 Å². The number of benzene rings is 2. The Kier molecular flexibility index (Phi) is 8.05. The van der Waals surface area contributed by atoms with Crippen LogP contribution in [0.4, 0.5) is 0 Å². The number of carbonyl (C=O) groups is 2. The van der Waals surface area contributed by atoms with Crippen molar-refractivity contribution in [1.29, 1.82) is 0 Å². The Morgan fingerprint density at radius 2 is 1.82 bits per heavy atom. The van der Waals surface area contributed by atoms with Gasteiger partial charge in [0.2, 0.25) is 5.91 Å². The molecule has 2 rings (SSSR count). The van der Waals surface area contributed by atoms with E-state index in [1.165, 1.54) is 0 Å². The molecule has 0 spiro atoms. The van der Waals surface area contributed by atoms with Crippen molar-refractivity contribution >= 4 is 11.8 Å². The average molecular weight is 383 g/mol. The van der Waals surface area contributed by atoms with E-state index in [-0.39, 0.29) is 18.4 Å². The Hall–Kier alpha value is -2.82. The average Bonchev–Trinajstić information content (AvgIpc) is 2.67. The Labute approximate surface area is 167 Å². The molecule has 0 fully saturated rings. The molecule has 0 aliphatic heterocycles. The van der Waals surface area contributed by atoms with Gasteiger partial charge in [-0.05, 0) is 56.0 Å². The quantitative estimate of drug-likeness (QED) is 0.721. The molecule has 0 bridgehead atoms. The van der Waals surface area contributed by atoms with E-state index >= 15 is 0 Å². The maximum absolute atomic E-state index is 13.0. The third-order valence-corrected chi connectivity index (χ3v) is 4.69. The van der Waals surface area contributed by atoms with Crippen molar-refractivity contribution in [3.8, 4) is 5.75 Å². The molecule has 28 heavy (non-hydrogen) atoms. The lowest BCUT2D eigenvalue weighted by Crippen LogP contribution is -2.50. The molecule has 0 aromatic heterocycles. The van der Waals surface area contributed by atoms with Gasteiger partial charge in [-0.25, -0.2) is 0 Å². The maximum Gasteiger partial charge on any atom is 0.261 e. The second-order valence-corrected chi connectivity index (χ2v) is 6.87. The lowest BCUT2D eigenvalue weighted by atomic mass is 10.1. The highest BCUT2D eigenvalue weighted by atomic mass is 16.5.